The summed E-state index contributed by atoms with van der Waals surface area (Å²) in [5.41, 5.74) is 0.113. The molecule has 112 valence electrons. The van der Waals surface area contributed by atoms with Crippen LogP contribution in [0.2, 0.25) is 0 Å². The highest BCUT2D eigenvalue weighted by Crippen LogP contribution is 2.58. The molecule has 1 N–H and O–H groups in total. The van der Waals surface area contributed by atoms with Gasteiger partial charge in [-0.3, -0.25) is 9.36 Å². The van der Waals surface area contributed by atoms with E-state index in [9.17, 15) is 14.6 Å². The number of amides is 1. The molecule has 6 nitrogen and oxygen atoms in total. The lowest BCUT2D eigenvalue weighted by molar-refractivity contribution is -0.117. The van der Waals surface area contributed by atoms with Crippen LogP contribution < -0.4 is 5.32 Å². The normalized spacial score (nSPS) is 18.7. The van der Waals surface area contributed by atoms with Gasteiger partial charge in [0, 0.05) is 5.69 Å². The molecule has 1 aromatic carbocycles. The van der Waals surface area contributed by atoms with Gasteiger partial charge in [-0.15, -0.1) is 0 Å². The molecular formula is C14H17N2O4P. The number of carbonyl (C=O) groups is 1. The van der Waals surface area contributed by atoms with E-state index in [-0.39, 0.29) is 19.1 Å². The molecule has 7 heteroatoms. The topological polar surface area (TPSA) is 88.4 Å². The van der Waals surface area contributed by atoms with Crippen LogP contribution in [0.1, 0.15) is 25.3 Å². The standard InChI is InChI=1S/C14H17N2O4P/c1-3-19-21(18,20-4-2)12(9-15)13-10-7-5-6-8-11(10)16-14(13)17/h5-8,12-13H,3-4H2,1-2H3,(H,16,17). The molecule has 0 saturated heterocycles. The third-order valence-corrected chi connectivity index (χ3v) is 5.57. The first-order valence-electron chi connectivity index (χ1n) is 6.75. The van der Waals surface area contributed by atoms with Crippen molar-refractivity contribution >= 4 is 19.2 Å². The molecule has 0 bridgehead atoms. The first-order chi connectivity index (χ1) is 10.1. The summed E-state index contributed by atoms with van der Waals surface area (Å²) in [6.45, 7) is 3.63. The predicted octanol–water partition coefficient (Wildman–Crippen LogP) is 2.88. The molecule has 1 aliphatic heterocycles. The number of nitrogens with zero attached hydrogens (tertiary/aromatic N) is 1. The number of fused-ring (bicyclic) bond motifs is 1. The number of hydrogen-bond donors (Lipinski definition) is 1. The summed E-state index contributed by atoms with van der Waals surface area (Å²) in [4.78, 5) is 12.2. The number of carbonyl (C=O) groups excluding carboxylic acids is 1. The van der Waals surface area contributed by atoms with Crippen molar-refractivity contribution in [2.45, 2.75) is 25.4 Å². The van der Waals surface area contributed by atoms with Crippen LogP contribution in [0, 0.1) is 11.3 Å². The van der Waals surface area contributed by atoms with Crippen molar-refractivity contribution in [2.75, 3.05) is 18.5 Å². The van der Waals surface area contributed by atoms with E-state index in [2.05, 4.69) is 5.32 Å². The van der Waals surface area contributed by atoms with E-state index in [0.717, 1.165) is 0 Å². The second-order valence-electron chi connectivity index (χ2n) is 4.50. The van der Waals surface area contributed by atoms with Gasteiger partial charge in [-0.2, -0.15) is 5.26 Å². The Morgan fingerprint density at radius 1 is 1.33 bits per heavy atom. The van der Waals surface area contributed by atoms with Gasteiger partial charge in [0.1, 0.15) is 0 Å². The maximum absolute atomic E-state index is 12.8. The van der Waals surface area contributed by atoms with Gasteiger partial charge < -0.3 is 14.4 Å². The molecule has 1 aromatic rings. The first-order valence-corrected chi connectivity index (χ1v) is 8.36. The highest BCUT2D eigenvalue weighted by molar-refractivity contribution is 7.55. The van der Waals surface area contributed by atoms with Gasteiger partial charge in [0.05, 0.1) is 25.2 Å². The second kappa shape index (κ2) is 6.40. The van der Waals surface area contributed by atoms with Gasteiger partial charge >= 0.3 is 7.60 Å². The molecule has 0 fully saturated rings. The molecular weight excluding hydrogens is 291 g/mol. The first kappa shape index (κ1) is 15.7. The Kier molecular flexibility index (Phi) is 4.79. The van der Waals surface area contributed by atoms with Gasteiger partial charge in [0.2, 0.25) is 5.91 Å². The Morgan fingerprint density at radius 2 is 1.95 bits per heavy atom. The molecule has 0 radical (unpaired) electrons. The summed E-state index contributed by atoms with van der Waals surface area (Å²) in [7, 11) is -3.69. The molecule has 2 unspecified atom stereocenters. The molecule has 2 rings (SSSR count). The lowest BCUT2D eigenvalue weighted by Gasteiger charge is -2.24. The summed E-state index contributed by atoms with van der Waals surface area (Å²) >= 11 is 0. The van der Waals surface area contributed by atoms with Gasteiger partial charge in [-0.1, -0.05) is 18.2 Å². The Labute approximate surface area is 123 Å². The fourth-order valence-electron chi connectivity index (χ4n) is 2.43. The van der Waals surface area contributed by atoms with E-state index in [1.165, 1.54) is 0 Å². The maximum Gasteiger partial charge on any atom is 0.348 e. The van der Waals surface area contributed by atoms with Crippen LogP contribution in [0.25, 0.3) is 0 Å². The van der Waals surface area contributed by atoms with Crippen molar-refractivity contribution in [3.05, 3.63) is 29.8 Å². The van der Waals surface area contributed by atoms with Gasteiger partial charge in [-0.25, -0.2) is 0 Å². The second-order valence-corrected chi connectivity index (χ2v) is 6.66. The van der Waals surface area contributed by atoms with Gasteiger partial charge in [0.25, 0.3) is 0 Å². The van der Waals surface area contributed by atoms with E-state index in [4.69, 9.17) is 9.05 Å². The predicted molar refractivity (Wildman–Crippen MR) is 78.1 cm³/mol. The fraction of sp³-hybridized carbons (Fsp3) is 0.429. The van der Waals surface area contributed by atoms with E-state index < -0.39 is 19.2 Å². The molecule has 21 heavy (non-hydrogen) atoms. The molecule has 1 amide bonds. The van der Waals surface area contributed by atoms with Crippen LogP contribution in [0.15, 0.2) is 24.3 Å². The van der Waals surface area contributed by atoms with Gasteiger partial charge in [-0.05, 0) is 25.5 Å². The minimum absolute atomic E-state index is 0.144. The smallest absolute Gasteiger partial charge is 0.325 e. The van der Waals surface area contributed by atoms with Crippen molar-refractivity contribution in [1.29, 1.82) is 5.26 Å². The number of nitriles is 1. The average Bonchev–Trinajstić information content (AvgIpc) is 2.77. The van der Waals surface area contributed by atoms with Crippen LogP contribution in [-0.2, 0) is 18.4 Å². The molecule has 0 aliphatic carbocycles. The van der Waals surface area contributed by atoms with Crippen molar-refractivity contribution < 1.29 is 18.4 Å². The highest BCUT2D eigenvalue weighted by Gasteiger charge is 2.48. The molecule has 2 atom stereocenters. The third kappa shape index (κ3) is 2.86. The summed E-state index contributed by atoms with van der Waals surface area (Å²) in [6.07, 6.45) is 0. The number of hydrogen-bond acceptors (Lipinski definition) is 5. The van der Waals surface area contributed by atoms with Crippen molar-refractivity contribution in [2.24, 2.45) is 0 Å². The van der Waals surface area contributed by atoms with Crippen LogP contribution in [-0.4, -0.2) is 24.8 Å². The zero-order chi connectivity index (χ0) is 15.5. The zero-order valence-corrected chi connectivity index (χ0v) is 12.8. The summed E-state index contributed by atoms with van der Waals surface area (Å²) < 4.78 is 23.3. The monoisotopic (exact) mass is 308 g/mol. The summed E-state index contributed by atoms with van der Waals surface area (Å²) in [5, 5.41) is 12.2. The van der Waals surface area contributed by atoms with Crippen molar-refractivity contribution in [3.63, 3.8) is 0 Å². The molecule has 1 heterocycles. The summed E-state index contributed by atoms with van der Waals surface area (Å²) in [5.74, 6) is -1.21. The fourth-order valence-corrected chi connectivity index (χ4v) is 4.35. The average molecular weight is 308 g/mol. The van der Waals surface area contributed by atoms with Crippen LogP contribution in [0.4, 0.5) is 5.69 Å². The number of nitrogens with one attached hydrogen (secondary N) is 1. The van der Waals surface area contributed by atoms with Crippen LogP contribution >= 0.6 is 7.60 Å². The van der Waals surface area contributed by atoms with Crippen LogP contribution in [0.3, 0.4) is 0 Å². The number of para-hydroxylation sites is 1. The number of anilines is 1. The Bertz CT molecular complexity index is 616. The van der Waals surface area contributed by atoms with E-state index in [1.807, 2.05) is 6.07 Å². The minimum atomic E-state index is -3.69. The Morgan fingerprint density at radius 3 is 2.52 bits per heavy atom. The number of benzene rings is 1. The zero-order valence-electron chi connectivity index (χ0n) is 11.9. The van der Waals surface area contributed by atoms with Gasteiger partial charge in [0.15, 0.2) is 5.66 Å². The number of rotatable bonds is 6. The maximum atomic E-state index is 12.8. The van der Waals surface area contributed by atoms with E-state index in [0.29, 0.717) is 11.3 Å². The third-order valence-electron chi connectivity index (χ3n) is 3.24. The minimum Gasteiger partial charge on any atom is -0.325 e. The largest absolute Gasteiger partial charge is 0.348 e. The highest BCUT2D eigenvalue weighted by atomic mass is 31.2. The molecule has 0 aromatic heterocycles. The van der Waals surface area contributed by atoms with Crippen molar-refractivity contribution in [1.82, 2.24) is 0 Å². The van der Waals surface area contributed by atoms with Crippen LogP contribution in [0.5, 0.6) is 0 Å². The van der Waals surface area contributed by atoms with E-state index in [1.54, 1.807) is 38.1 Å². The SMILES string of the molecule is CCOP(=O)(OCC)C(C#N)C1C(=O)Nc2ccccc21. The van der Waals surface area contributed by atoms with Crippen molar-refractivity contribution in [3.8, 4) is 6.07 Å². The Balaban J connectivity index is 2.44. The Hall–Kier alpha value is -1.67. The molecule has 0 spiro atoms. The summed E-state index contributed by atoms with van der Waals surface area (Å²) in [6, 6.07) is 8.99. The lowest BCUT2D eigenvalue weighted by atomic mass is 9.97. The van der Waals surface area contributed by atoms with E-state index >= 15 is 0 Å². The lowest BCUT2D eigenvalue weighted by Crippen LogP contribution is -2.26. The quantitative estimate of drug-likeness (QED) is 0.816. The molecule has 0 saturated carbocycles. The molecule has 1 aliphatic rings.